The zero-order chi connectivity index (χ0) is 13.2. The van der Waals surface area contributed by atoms with Crippen LogP contribution >= 0.6 is 23.2 Å². The van der Waals surface area contributed by atoms with Crippen molar-refractivity contribution in [3.63, 3.8) is 0 Å². The molecule has 0 aromatic heterocycles. The molecule has 2 aromatic carbocycles. The maximum atomic E-state index is 6.50. The van der Waals surface area contributed by atoms with Crippen molar-refractivity contribution >= 4 is 23.2 Å². The van der Waals surface area contributed by atoms with Crippen molar-refractivity contribution in [2.24, 2.45) is 0 Å². The van der Waals surface area contributed by atoms with Crippen LogP contribution in [0.1, 0.15) is 16.5 Å². The van der Waals surface area contributed by atoms with Crippen LogP contribution in [-0.4, -0.2) is 13.2 Å². The van der Waals surface area contributed by atoms with Crippen LogP contribution in [0.25, 0.3) is 0 Å². The number of benzene rings is 2. The predicted octanol–water partition coefficient (Wildman–Crippen LogP) is 4.44. The van der Waals surface area contributed by atoms with Gasteiger partial charge in [-0.3, -0.25) is 0 Å². The highest BCUT2D eigenvalue weighted by atomic mass is 35.5. The Labute approximate surface area is 121 Å². The molecule has 2 aromatic rings. The number of hydrogen-bond acceptors (Lipinski definition) is 2. The first-order valence-electron chi connectivity index (χ1n) is 6.04. The maximum Gasteiger partial charge on any atom is 0.162 e. The summed E-state index contributed by atoms with van der Waals surface area (Å²) in [5.74, 6) is 1.38. The summed E-state index contributed by atoms with van der Waals surface area (Å²) in [6, 6.07) is 13.5. The van der Waals surface area contributed by atoms with E-state index in [0.717, 1.165) is 11.1 Å². The molecular weight excluding hydrogens is 283 g/mol. The zero-order valence-electron chi connectivity index (χ0n) is 10.1. The molecule has 1 aliphatic rings. The van der Waals surface area contributed by atoms with Crippen LogP contribution in [0.5, 0.6) is 11.5 Å². The van der Waals surface area contributed by atoms with Gasteiger partial charge in [0.1, 0.15) is 13.2 Å². The predicted molar refractivity (Wildman–Crippen MR) is 76.6 cm³/mol. The van der Waals surface area contributed by atoms with Gasteiger partial charge in [-0.2, -0.15) is 0 Å². The van der Waals surface area contributed by atoms with E-state index in [-0.39, 0.29) is 5.38 Å². The number of rotatable bonds is 2. The first-order chi connectivity index (χ1) is 9.25. The van der Waals surface area contributed by atoms with E-state index in [9.17, 15) is 0 Å². The summed E-state index contributed by atoms with van der Waals surface area (Å²) < 4.78 is 11.1. The highest BCUT2D eigenvalue weighted by Gasteiger charge is 2.20. The fourth-order valence-electron chi connectivity index (χ4n) is 2.08. The van der Waals surface area contributed by atoms with Gasteiger partial charge in [-0.15, -0.1) is 11.6 Å². The lowest BCUT2D eigenvalue weighted by Crippen LogP contribution is -2.15. The molecule has 2 nitrogen and oxygen atoms in total. The van der Waals surface area contributed by atoms with Crippen molar-refractivity contribution in [2.75, 3.05) is 13.2 Å². The van der Waals surface area contributed by atoms with E-state index in [1.165, 1.54) is 0 Å². The van der Waals surface area contributed by atoms with Crippen LogP contribution in [0, 0.1) is 0 Å². The minimum Gasteiger partial charge on any atom is -0.486 e. The fourth-order valence-corrected chi connectivity index (χ4v) is 2.72. The van der Waals surface area contributed by atoms with Crippen molar-refractivity contribution in [2.45, 2.75) is 5.38 Å². The van der Waals surface area contributed by atoms with Crippen LogP contribution in [0.15, 0.2) is 42.5 Å². The average Bonchev–Trinajstić information content (AvgIpc) is 2.47. The third-order valence-corrected chi connectivity index (χ3v) is 3.84. The number of hydrogen-bond donors (Lipinski definition) is 0. The molecule has 1 aliphatic heterocycles. The molecule has 0 aliphatic carbocycles. The molecular formula is C15H12Cl2O2. The summed E-state index contributed by atoms with van der Waals surface area (Å²) in [5.41, 5.74) is 1.83. The maximum absolute atomic E-state index is 6.50. The van der Waals surface area contributed by atoms with Gasteiger partial charge in [0.25, 0.3) is 0 Å². The molecule has 0 fully saturated rings. The van der Waals surface area contributed by atoms with Gasteiger partial charge < -0.3 is 9.47 Å². The molecule has 1 unspecified atom stereocenters. The fraction of sp³-hybridized carbons (Fsp3) is 0.200. The third-order valence-electron chi connectivity index (χ3n) is 3.03. The number of halogens is 2. The second-order valence-electron chi connectivity index (χ2n) is 4.29. The van der Waals surface area contributed by atoms with E-state index >= 15 is 0 Å². The van der Waals surface area contributed by atoms with E-state index in [0.29, 0.717) is 29.7 Å². The third kappa shape index (κ3) is 2.51. The topological polar surface area (TPSA) is 18.5 Å². The molecule has 1 heterocycles. The molecule has 98 valence electrons. The van der Waals surface area contributed by atoms with Crippen molar-refractivity contribution in [1.29, 1.82) is 0 Å². The Balaban J connectivity index is 2.01. The molecule has 4 heteroatoms. The Hall–Kier alpha value is -1.38. The minimum atomic E-state index is -0.301. The van der Waals surface area contributed by atoms with E-state index in [2.05, 4.69) is 0 Å². The number of alkyl halides is 1. The SMILES string of the molecule is Clc1cc2c(cc1C(Cl)c1ccccc1)OCCO2. The van der Waals surface area contributed by atoms with Gasteiger partial charge in [-0.1, -0.05) is 41.9 Å². The molecule has 0 N–H and O–H groups in total. The molecule has 0 spiro atoms. The van der Waals surface area contributed by atoms with E-state index < -0.39 is 0 Å². The largest absolute Gasteiger partial charge is 0.486 e. The Kier molecular flexibility index (Phi) is 3.54. The van der Waals surface area contributed by atoms with Crippen molar-refractivity contribution in [3.8, 4) is 11.5 Å². The van der Waals surface area contributed by atoms with Crippen LogP contribution in [0.2, 0.25) is 5.02 Å². The molecule has 1 atom stereocenters. The van der Waals surface area contributed by atoms with Gasteiger partial charge in [0.05, 0.1) is 5.38 Å². The highest BCUT2D eigenvalue weighted by Crippen LogP contribution is 2.41. The van der Waals surface area contributed by atoms with E-state index in [1.54, 1.807) is 6.07 Å². The second kappa shape index (κ2) is 5.32. The highest BCUT2D eigenvalue weighted by molar-refractivity contribution is 6.33. The molecule has 0 radical (unpaired) electrons. The summed E-state index contributed by atoms with van der Waals surface area (Å²) in [4.78, 5) is 0. The van der Waals surface area contributed by atoms with Gasteiger partial charge in [0.15, 0.2) is 11.5 Å². The summed E-state index contributed by atoms with van der Waals surface area (Å²) in [5, 5.41) is 0.289. The normalized spacial score (nSPS) is 15.1. The van der Waals surface area contributed by atoms with Crippen molar-refractivity contribution in [1.82, 2.24) is 0 Å². The molecule has 0 saturated carbocycles. The Morgan fingerprint density at radius 1 is 0.947 bits per heavy atom. The van der Waals surface area contributed by atoms with E-state index in [1.807, 2.05) is 36.4 Å². The lowest BCUT2D eigenvalue weighted by Gasteiger charge is -2.21. The Morgan fingerprint density at radius 3 is 2.26 bits per heavy atom. The minimum absolute atomic E-state index is 0.301. The molecule has 0 amide bonds. The first-order valence-corrected chi connectivity index (χ1v) is 6.85. The Morgan fingerprint density at radius 2 is 1.58 bits per heavy atom. The Bertz CT molecular complexity index is 584. The lowest BCUT2D eigenvalue weighted by molar-refractivity contribution is 0.171. The smallest absolute Gasteiger partial charge is 0.162 e. The molecule has 19 heavy (non-hydrogen) atoms. The van der Waals surface area contributed by atoms with Gasteiger partial charge in [-0.05, 0) is 17.2 Å². The standard InChI is InChI=1S/C15H12Cl2O2/c16-12-9-14-13(18-6-7-19-14)8-11(12)15(17)10-4-2-1-3-5-10/h1-5,8-9,15H,6-7H2. The van der Waals surface area contributed by atoms with Crippen LogP contribution < -0.4 is 9.47 Å². The molecule has 0 saturated heterocycles. The van der Waals surface area contributed by atoms with Gasteiger partial charge in [-0.25, -0.2) is 0 Å². The molecule has 3 rings (SSSR count). The summed E-state index contributed by atoms with van der Waals surface area (Å²) in [7, 11) is 0. The summed E-state index contributed by atoms with van der Waals surface area (Å²) >= 11 is 12.8. The summed E-state index contributed by atoms with van der Waals surface area (Å²) in [6.07, 6.45) is 0. The van der Waals surface area contributed by atoms with Crippen molar-refractivity contribution < 1.29 is 9.47 Å². The number of ether oxygens (including phenoxy) is 2. The quantitative estimate of drug-likeness (QED) is 0.763. The summed E-state index contributed by atoms with van der Waals surface area (Å²) in [6.45, 7) is 1.10. The first kappa shape index (κ1) is 12.6. The number of fused-ring (bicyclic) bond motifs is 1. The van der Waals surface area contributed by atoms with Gasteiger partial charge >= 0.3 is 0 Å². The van der Waals surface area contributed by atoms with Crippen LogP contribution in [0.3, 0.4) is 0 Å². The monoisotopic (exact) mass is 294 g/mol. The van der Waals surface area contributed by atoms with E-state index in [4.69, 9.17) is 32.7 Å². The van der Waals surface area contributed by atoms with Crippen molar-refractivity contribution in [3.05, 3.63) is 58.6 Å². The lowest BCUT2D eigenvalue weighted by atomic mass is 10.0. The van der Waals surface area contributed by atoms with Crippen LogP contribution in [-0.2, 0) is 0 Å². The second-order valence-corrected chi connectivity index (χ2v) is 5.13. The average molecular weight is 295 g/mol. The van der Waals surface area contributed by atoms with Gasteiger partial charge in [0.2, 0.25) is 0 Å². The van der Waals surface area contributed by atoms with Crippen LogP contribution in [0.4, 0.5) is 0 Å². The van der Waals surface area contributed by atoms with Gasteiger partial charge in [0, 0.05) is 11.1 Å². The molecule has 0 bridgehead atoms. The zero-order valence-corrected chi connectivity index (χ0v) is 11.6.